The second-order valence-corrected chi connectivity index (χ2v) is 3.05. The van der Waals surface area contributed by atoms with Crippen LogP contribution in [0.15, 0.2) is 29.4 Å². The third-order valence-electron chi connectivity index (χ3n) is 1.65. The van der Waals surface area contributed by atoms with E-state index < -0.39 is 5.97 Å². The third-order valence-corrected chi connectivity index (χ3v) is 1.89. The third kappa shape index (κ3) is 3.26. The Morgan fingerprint density at radius 3 is 2.62 bits per heavy atom. The van der Waals surface area contributed by atoms with Gasteiger partial charge in [0.15, 0.2) is 0 Å². The van der Waals surface area contributed by atoms with Gasteiger partial charge in [0.2, 0.25) is 5.17 Å². The Morgan fingerprint density at radius 1 is 1.50 bits per heavy atom. The fourth-order valence-corrected chi connectivity index (χ4v) is 0.982. The highest BCUT2D eigenvalue weighted by atomic mass is 35.5. The molecule has 0 spiro atoms. The molecule has 1 aromatic carbocycles. The van der Waals surface area contributed by atoms with Crippen LogP contribution in [0.5, 0.6) is 0 Å². The van der Waals surface area contributed by atoms with Crippen LogP contribution < -0.4 is 5.43 Å². The van der Waals surface area contributed by atoms with Crippen molar-refractivity contribution in [3.63, 3.8) is 0 Å². The van der Waals surface area contributed by atoms with Gasteiger partial charge in [0.25, 0.3) is 0 Å². The van der Waals surface area contributed by atoms with E-state index in [1.54, 1.807) is 24.3 Å². The van der Waals surface area contributed by atoms with Gasteiger partial charge in [-0.2, -0.15) is 10.4 Å². The Kier molecular flexibility index (Phi) is 4.30. The van der Waals surface area contributed by atoms with E-state index in [4.69, 9.17) is 16.9 Å². The number of hydrogen-bond acceptors (Lipinski definition) is 5. The van der Waals surface area contributed by atoms with Crippen molar-refractivity contribution in [3.8, 4) is 6.07 Å². The molecule has 82 valence electrons. The number of nitriles is 1. The van der Waals surface area contributed by atoms with Crippen LogP contribution in [0.4, 0.5) is 5.69 Å². The van der Waals surface area contributed by atoms with E-state index in [1.807, 2.05) is 6.07 Å². The monoisotopic (exact) mass is 237 g/mol. The second kappa shape index (κ2) is 5.73. The number of ether oxygens (including phenoxy) is 1. The van der Waals surface area contributed by atoms with E-state index in [1.165, 1.54) is 7.11 Å². The summed E-state index contributed by atoms with van der Waals surface area (Å²) in [5.74, 6) is -0.720. The first kappa shape index (κ1) is 12.0. The van der Waals surface area contributed by atoms with Crippen LogP contribution in [0, 0.1) is 11.3 Å². The lowest BCUT2D eigenvalue weighted by molar-refractivity contribution is -0.132. The first-order valence-corrected chi connectivity index (χ1v) is 4.63. The molecule has 0 atom stereocenters. The van der Waals surface area contributed by atoms with Crippen LogP contribution in [0.1, 0.15) is 5.56 Å². The molecule has 0 saturated carbocycles. The number of hydrogen-bond donors (Lipinski definition) is 1. The molecule has 6 heteroatoms. The quantitative estimate of drug-likeness (QED) is 0.493. The van der Waals surface area contributed by atoms with E-state index in [2.05, 4.69) is 15.3 Å². The molecule has 1 aromatic rings. The lowest BCUT2D eigenvalue weighted by Gasteiger charge is -2.00. The minimum Gasteiger partial charge on any atom is -0.464 e. The van der Waals surface area contributed by atoms with Crippen molar-refractivity contribution in [2.45, 2.75) is 0 Å². The lowest BCUT2D eigenvalue weighted by Crippen LogP contribution is -2.11. The molecular formula is C10H8ClN3O2. The zero-order valence-corrected chi connectivity index (χ0v) is 9.15. The number of esters is 1. The molecule has 0 aliphatic heterocycles. The Bertz CT molecular complexity index is 448. The van der Waals surface area contributed by atoms with Crippen LogP contribution in [0.25, 0.3) is 0 Å². The van der Waals surface area contributed by atoms with Crippen LogP contribution in [0.2, 0.25) is 0 Å². The lowest BCUT2D eigenvalue weighted by atomic mass is 10.2. The molecule has 0 radical (unpaired) electrons. The summed E-state index contributed by atoms with van der Waals surface area (Å²) < 4.78 is 4.35. The maximum atomic E-state index is 10.9. The van der Waals surface area contributed by atoms with Gasteiger partial charge < -0.3 is 4.74 Å². The van der Waals surface area contributed by atoms with Gasteiger partial charge in [0.05, 0.1) is 24.4 Å². The highest BCUT2D eigenvalue weighted by Crippen LogP contribution is 2.08. The van der Waals surface area contributed by atoms with E-state index in [0.717, 1.165) is 0 Å². The minimum absolute atomic E-state index is 0.299. The molecule has 0 fully saturated rings. The molecule has 0 aromatic heterocycles. The number of methoxy groups -OCH3 is 1. The predicted octanol–water partition coefficient (Wildman–Crippen LogP) is 1.70. The van der Waals surface area contributed by atoms with Crippen LogP contribution >= 0.6 is 11.6 Å². The molecule has 0 aliphatic rings. The number of anilines is 1. The summed E-state index contributed by atoms with van der Waals surface area (Å²) in [5.41, 5.74) is 3.70. The minimum atomic E-state index is -0.720. The van der Waals surface area contributed by atoms with Crippen LogP contribution in [-0.2, 0) is 9.53 Å². The van der Waals surface area contributed by atoms with E-state index in [-0.39, 0.29) is 5.17 Å². The van der Waals surface area contributed by atoms with Gasteiger partial charge in [0.1, 0.15) is 0 Å². The van der Waals surface area contributed by atoms with Crippen molar-refractivity contribution in [2.75, 3.05) is 12.5 Å². The van der Waals surface area contributed by atoms with Crippen molar-refractivity contribution in [3.05, 3.63) is 29.8 Å². The molecule has 1 rings (SSSR count). The number of rotatable bonds is 3. The number of halogens is 1. The maximum Gasteiger partial charge on any atom is 0.370 e. The molecule has 0 aliphatic carbocycles. The topological polar surface area (TPSA) is 74.5 Å². The Balaban J connectivity index is 2.68. The zero-order chi connectivity index (χ0) is 12.0. The average Bonchev–Trinajstić information content (AvgIpc) is 2.35. The fraction of sp³-hybridized carbons (Fsp3) is 0.100. The fourth-order valence-electron chi connectivity index (χ4n) is 0.863. The van der Waals surface area contributed by atoms with Gasteiger partial charge in [-0.1, -0.05) is 11.6 Å². The summed E-state index contributed by atoms with van der Waals surface area (Å²) in [6, 6.07) is 8.50. The van der Waals surface area contributed by atoms with Crippen molar-refractivity contribution >= 4 is 28.4 Å². The van der Waals surface area contributed by atoms with Gasteiger partial charge in [0, 0.05) is 0 Å². The summed E-state index contributed by atoms with van der Waals surface area (Å²) in [4.78, 5) is 10.9. The molecule has 5 nitrogen and oxygen atoms in total. The summed E-state index contributed by atoms with van der Waals surface area (Å²) in [6.07, 6.45) is 0. The van der Waals surface area contributed by atoms with Crippen LogP contribution in [0.3, 0.4) is 0 Å². The molecule has 0 amide bonds. The summed E-state index contributed by atoms with van der Waals surface area (Å²) >= 11 is 5.50. The van der Waals surface area contributed by atoms with Gasteiger partial charge in [-0.3, -0.25) is 5.43 Å². The van der Waals surface area contributed by atoms with E-state index in [0.29, 0.717) is 11.3 Å². The Labute approximate surface area is 97.3 Å². The molecule has 0 saturated heterocycles. The van der Waals surface area contributed by atoms with Crippen molar-refractivity contribution < 1.29 is 9.53 Å². The van der Waals surface area contributed by atoms with Gasteiger partial charge >= 0.3 is 5.97 Å². The molecule has 16 heavy (non-hydrogen) atoms. The Hall–Kier alpha value is -2.06. The molecule has 0 unspecified atom stereocenters. The van der Waals surface area contributed by atoms with Gasteiger partial charge in [-0.25, -0.2) is 4.79 Å². The number of nitrogens with one attached hydrogen (secondary N) is 1. The number of hydrazone groups is 1. The van der Waals surface area contributed by atoms with Crippen molar-refractivity contribution in [1.82, 2.24) is 0 Å². The largest absolute Gasteiger partial charge is 0.464 e. The van der Waals surface area contributed by atoms with Crippen molar-refractivity contribution in [2.24, 2.45) is 5.10 Å². The highest BCUT2D eigenvalue weighted by Gasteiger charge is 2.07. The summed E-state index contributed by atoms with van der Waals surface area (Å²) in [7, 11) is 1.21. The SMILES string of the molecule is COC(=O)/C(Cl)=N\Nc1ccc(C#N)cc1. The van der Waals surface area contributed by atoms with E-state index >= 15 is 0 Å². The smallest absolute Gasteiger partial charge is 0.370 e. The highest BCUT2D eigenvalue weighted by molar-refractivity contribution is 6.82. The first-order valence-electron chi connectivity index (χ1n) is 4.25. The molecule has 0 heterocycles. The molecular weight excluding hydrogens is 230 g/mol. The van der Waals surface area contributed by atoms with Gasteiger partial charge in [-0.05, 0) is 24.3 Å². The second-order valence-electron chi connectivity index (χ2n) is 2.70. The number of benzene rings is 1. The molecule has 1 N–H and O–H groups in total. The van der Waals surface area contributed by atoms with E-state index in [9.17, 15) is 4.79 Å². The maximum absolute atomic E-state index is 10.9. The number of carbonyl (C=O) groups is 1. The average molecular weight is 238 g/mol. The zero-order valence-electron chi connectivity index (χ0n) is 8.40. The summed E-state index contributed by atoms with van der Waals surface area (Å²) in [5, 5.41) is 11.9. The Morgan fingerprint density at radius 2 is 2.12 bits per heavy atom. The standard InChI is InChI=1S/C10H8ClN3O2/c1-16-10(15)9(11)14-13-8-4-2-7(6-12)3-5-8/h2-5,13H,1H3/b14-9+. The molecule has 0 bridgehead atoms. The normalized spacial score (nSPS) is 10.4. The number of nitrogens with zero attached hydrogens (tertiary/aromatic N) is 2. The predicted molar refractivity (Wildman–Crippen MR) is 60.1 cm³/mol. The van der Waals surface area contributed by atoms with Crippen molar-refractivity contribution in [1.29, 1.82) is 5.26 Å². The number of carbonyl (C=O) groups excluding carboxylic acids is 1. The summed E-state index contributed by atoms with van der Waals surface area (Å²) in [6.45, 7) is 0. The van der Waals surface area contributed by atoms with Crippen LogP contribution in [-0.4, -0.2) is 18.2 Å². The van der Waals surface area contributed by atoms with Gasteiger partial charge in [-0.15, -0.1) is 0 Å². The first-order chi connectivity index (χ1) is 7.67.